The second kappa shape index (κ2) is 5.89. The summed E-state index contributed by atoms with van der Waals surface area (Å²) in [5.74, 6) is -0.693. The van der Waals surface area contributed by atoms with Crippen LogP contribution in [0.1, 0.15) is 47.2 Å². The Morgan fingerprint density at radius 1 is 1.07 bits per heavy atom. The van der Waals surface area contributed by atoms with Gasteiger partial charge in [-0.2, -0.15) is 0 Å². The number of fused-ring (bicyclic) bond motifs is 1. The number of likely N-dealkylation sites (tertiary alicyclic amines) is 1. The third kappa shape index (κ3) is 2.40. The van der Waals surface area contributed by atoms with Gasteiger partial charge in [0.2, 0.25) is 11.8 Å². The lowest BCUT2D eigenvalue weighted by Gasteiger charge is -2.49. The second-order valence-electron chi connectivity index (χ2n) is 9.70. The predicted octanol–water partition coefficient (Wildman–Crippen LogP) is 0.633. The van der Waals surface area contributed by atoms with Crippen LogP contribution in [0.15, 0.2) is 18.2 Å². The first-order valence-electron chi connectivity index (χ1n) is 10.7. The zero-order valence-corrected chi connectivity index (χ0v) is 16.5. The van der Waals surface area contributed by atoms with Crippen LogP contribution >= 0.6 is 0 Å². The number of benzene rings is 1. The summed E-state index contributed by atoms with van der Waals surface area (Å²) in [7, 11) is 0. The van der Waals surface area contributed by atoms with Crippen molar-refractivity contribution in [2.24, 2.45) is 10.8 Å². The van der Waals surface area contributed by atoms with Crippen molar-refractivity contribution in [3.05, 3.63) is 34.9 Å². The summed E-state index contributed by atoms with van der Waals surface area (Å²) >= 11 is 0. The number of rotatable bonds is 3. The van der Waals surface area contributed by atoms with Crippen molar-refractivity contribution < 1.29 is 14.4 Å². The van der Waals surface area contributed by atoms with Gasteiger partial charge in [-0.05, 0) is 36.5 Å². The highest BCUT2D eigenvalue weighted by Crippen LogP contribution is 2.63. The van der Waals surface area contributed by atoms with E-state index < -0.39 is 6.04 Å². The van der Waals surface area contributed by atoms with Crippen LogP contribution in [0.3, 0.4) is 0 Å². The molecule has 4 heterocycles. The first-order chi connectivity index (χ1) is 14.0. The molecular formula is C22H26N4O3. The summed E-state index contributed by atoms with van der Waals surface area (Å²) < 4.78 is 0. The van der Waals surface area contributed by atoms with E-state index in [1.165, 1.54) is 18.4 Å². The number of carbonyl (C=O) groups is 3. The molecule has 0 bridgehead atoms. The molecule has 0 aromatic heterocycles. The van der Waals surface area contributed by atoms with Gasteiger partial charge in [0.25, 0.3) is 5.91 Å². The van der Waals surface area contributed by atoms with Crippen LogP contribution in [0.5, 0.6) is 0 Å². The fraction of sp³-hybridized carbons (Fsp3) is 0.591. The van der Waals surface area contributed by atoms with E-state index in [0.29, 0.717) is 29.4 Å². The minimum atomic E-state index is -0.546. The lowest BCUT2D eigenvalue weighted by molar-refractivity contribution is -0.136. The van der Waals surface area contributed by atoms with E-state index in [0.717, 1.165) is 38.3 Å². The van der Waals surface area contributed by atoms with Crippen molar-refractivity contribution >= 4 is 17.7 Å². The second-order valence-corrected chi connectivity index (χ2v) is 9.70. The molecule has 1 aromatic rings. The van der Waals surface area contributed by atoms with Crippen LogP contribution < -0.4 is 10.6 Å². The molecule has 3 unspecified atom stereocenters. The highest BCUT2D eigenvalue weighted by Gasteiger charge is 2.65. The van der Waals surface area contributed by atoms with Gasteiger partial charge in [-0.25, -0.2) is 0 Å². The van der Waals surface area contributed by atoms with Crippen LogP contribution in [0.4, 0.5) is 0 Å². The van der Waals surface area contributed by atoms with Crippen molar-refractivity contribution in [1.82, 2.24) is 20.4 Å². The maximum absolute atomic E-state index is 13.0. The van der Waals surface area contributed by atoms with Gasteiger partial charge in [-0.3, -0.25) is 24.6 Å². The third-order valence-electron chi connectivity index (χ3n) is 8.19. The molecule has 3 atom stereocenters. The molecule has 3 amide bonds. The van der Waals surface area contributed by atoms with Crippen LogP contribution in [0, 0.1) is 10.8 Å². The molecule has 152 valence electrons. The average molecular weight is 394 g/mol. The van der Waals surface area contributed by atoms with Gasteiger partial charge in [0.1, 0.15) is 6.04 Å². The number of hydrogen-bond donors (Lipinski definition) is 2. The summed E-state index contributed by atoms with van der Waals surface area (Å²) in [6.07, 6.45) is 3.36. The molecule has 7 nitrogen and oxygen atoms in total. The number of nitrogens with zero attached hydrogens (tertiary/aromatic N) is 2. The van der Waals surface area contributed by atoms with E-state index in [1.807, 2.05) is 12.1 Å². The van der Waals surface area contributed by atoms with Crippen molar-refractivity contribution in [1.29, 1.82) is 0 Å². The van der Waals surface area contributed by atoms with Gasteiger partial charge in [0.05, 0.1) is 0 Å². The van der Waals surface area contributed by atoms with Crippen molar-refractivity contribution in [2.75, 3.05) is 26.2 Å². The van der Waals surface area contributed by atoms with Crippen LogP contribution in [0.2, 0.25) is 0 Å². The Morgan fingerprint density at radius 3 is 2.52 bits per heavy atom. The summed E-state index contributed by atoms with van der Waals surface area (Å²) in [5.41, 5.74) is 3.81. The minimum Gasteiger partial charge on any atom is -0.322 e. The van der Waals surface area contributed by atoms with E-state index in [9.17, 15) is 14.4 Å². The third-order valence-corrected chi connectivity index (χ3v) is 8.19. The van der Waals surface area contributed by atoms with Gasteiger partial charge in [-0.1, -0.05) is 12.1 Å². The van der Waals surface area contributed by atoms with Crippen molar-refractivity contribution in [3.8, 4) is 0 Å². The Morgan fingerprint density at radius 2 is 1.83 bits per heavy atom. The lowest BCUT2D eigenvalue weighted by atomic mass is 9.53. The van der Waals surface area contributed by atoms with E-state index in [2.05, 4.69) is 21.6 Å². The molecule has 3 saturated heterocycles. The number of piperidine rings is 1. The smallest absolute Gasteiger partial charge is 0.255 e. The van der Waals surface area contributed by atoms with Gasteiger partial charge >= 0.3 is 0 Å². The fourth-order valence-corrected chi connectivity index (χ4v) is 6.51. The maximum atomic E-state index is 13.0. The number of amides is 3. The highest BCUT2D eigenvalue weighted by atomic mass is 16.2. The van der Waals surface area contributed by atoms with Gasteiger partial charge in [0.15, 0.2) is 0 Å². The van der Waals surface area contributed by atoms with Crippen molar-refractivity contribution in [2.45, 2.75) is 44.8 Å². The predicted molar refractivity (Wildman–Crippen MR) is 105 cm³/mol. The van der Waals surface area contributed by atoms with E-state index in [4.69, 9.17) is 0 Å². The van der Waals surface area contributed by atoms with Crippen LogP contribution in [-0.2, 0) is 22.7 Å². The minimum absolute atomic E-state index is 0.0869. The van der Waals surface area contributed by atoms with Crippen LogP contribution in [0.25, 0.3) is 0 Å². The lowest BCUT2D eigenvalue weighted by Crippen LogP contribution is -2.52. The topological polar surface area (TPSA) is 81.8 Å². The number of carbonyl (C=O) groups excluding carboxylic acids is 3. The van der Waals surface area contributed by atoms with Gasteiger partial charge < -0.3 is 10.2 Å². The molecule has 4 fully saturated rings. The molecule has 7 heteroatoms. The van der Waals surface area contributed by atoms with E-state index >= 15 is 0 Å². The standard InChI is InChI=1S/C22H26N4O3/c27-18-4-3-17(19(28)24-18)26-9-15-2-1-14(7-16(15)20(26)29)8-25-12-21-5-6-22(21,13-25)11-23-10-21/h1-2,7,17,23H,3-6,8-13H2,(H,24,27,28). The average Bonchev–Trinajstić information content (AvgIpc) is 3.17. The SMILES string of the molecule is O=C1CCC(N2Cc3ccc(CN4CC56CCC5(CNC6)C4)cc3C2=O)C(=O)N1. The highest BCUT2D eigenvalue weighted by molar-refractivity contribution is 6.05. The van der Waals surface area contributed by atoms with E-state index in [-0.39, 0.29) is 24.1 Å². The molecular weight excluding hydrogens is 368 g/mol. The largest absolute Gasteiger partial charge is 0.322 e. The summed E-state index contributed by atoms with van der Waals surface area (Å²) in [6.45, 7) is 5.91. The molecule has 1 aromatic carbocycles. The molecule has 0 spiro atoms. The van der Waals surface area contributed by atoms with Gasteiger partial charge in [0, 0.05) is 62.1 Å². The van der Waals surface area contributed by atoms with Gasteiger partial charge in [-0.15, -0.1) is 0 Å². The monoisotopic (exact) mass is 394 g/mol. The molecule has 1 saturated carbocycles. The molecule has 0 radical (unpaired) electrons. The summed E-state index contributed by atoms with van der Waals surface area (Å²) in [4.78, 5) is 40.8. The Balaban J connectivity index is 1.18. The Kier molecular flexibility index (Phi) is 3.57. The van der Waals surface area contributed by atoms with E-state index in [1.54, 1.807) is 4.90 Å². The zero-order chi connectivity index (χ0) is 19.8. The number of imide groups is 1. The molecule has 6 rings (SSSR count). The quantitative estimate of drug-likeness (QED) is 0.735. The molecule has 29 heavy (non-hydrogen) atoms. The summed E-state index contributed by atoms with van der Waals surface area (Å²) in [6, 6.07) is 5.64. The molecule has 4 aliphatic heterocycles. The molecule has 1 aliphatic carbocycles. The Hall–Kier alpha value is -2.25. The molecule has 2 N–H and O–H groups in total. The fourth-order valence-electron chi connectivity index (χ4n) is 6.51. The Bertz CT molecular complexity index is 926. The number of nitrogens with one attached hydrogen (secondary N) is 2. The van der Waals surface area contributed by atoms with Crippen molar-refractivity contribution in [3.63, 3.8) is 0 Å². The normalized spacial score (nSPS) is 35.9. The van der Waals surface area contributed by atoms with Crippen LogP contribution in [-0.4, -0.2) is 59.7 Å². The zero-order valence-electron chi connectivity index (χ0n) is 16.5. The first-order valence-corrected chi connectivity index (χ1v) is 10.7. The first kappa shape index (κ1) is 17.6. The summed E-state index contributed by atoms with van der Waals surface area (Å²) in [5, 5.41) is 5.97. The molecule has 5 aliphatic rings. The maximum Gasteiger partial charge on any atom is 0.255 e. The Labute approximate surface area is 169 Å². The number of hydrogen-bond acceptors (Lipinski definition) is 5.